The van der Waals surface area contributed by atoms with Gasteiger partial charge in [0.05, 0.1) is 29.1 Å². The molecule has 220 valence electrons. The van der Waals surface area contributed by atoms with Crippen molar-refractivity contribution in [3.8, 4) is 0 Å². The number of halogens is 2. The third kappa shape index (κ3) is 8.84. The maximum Gasteiger partial charge on any atom is 0.255 e. The second kappa shape index (κ2) is 14.2. The van der Waals surface area contributed by atoms with Crippen molar-refractivity contribution in [1.29, 1.82) is 0 Å². The predicted molar refractivity (Wildman–Crippen MR) is 163 cm³/mol. The SMILES string of the molecule is O=C(CN(CCc1ccccc1)S(=O)(=O)c1ccc(Br)cc1)N/N=C\c1ccc(CNS(=O)(=O)c2ccc(Cl)cc2)o1. The van der Waals surface area contributed by atoms with Crippen LogP contribution in [0.5, 0.6) is 0 Å². The van der Waals surface area contributed by atoms with E-state index in [-0.39, 0.29) is 28.6 Å². The number of sulfonamides is 2. The van der Waals surface area contributed by atoms with Crippen molar-refractivity contribution in [1.82, 2.24) is 14.5 Å². The van der Waals surface area contributed by atoms with Crippen LogP contribution in [0.4, 0.5) is 0 Å². The number of hydrogen-bond acceptors (Lipinski definition) is 7. The first-order valence-electron chi connectivity index (χ1n) is 12.5. The molecule has 4 aromatic rings. The van der Waals surface area contributed by atoms with Crippen LogP contribution in [0.3, 0.4) is 0 Å². The van der Waals surface area contributed by atoms with Gasteiger partial charge in [-0.3, -0.25) is 4.79 Å². The monoisotopic (exact) mass is 692 g/mol. The molecule has 0 atom stereocenters. The number of benzene rings is 3. The first kappa shape index (κ1) is 31.6. The van der Waals surface area contributed by atoms with Crippen molar-refractivity contribution in [2.45, 2.75) is 22.8 Å². The molecule has 2 N–H and O–H groups in total. The third-order valence-electron chi connectivity index (χ3n) is 5.89. The fourth-order valence-electron chi connectivity index (χ4n) is 3.72. The Morgan fingerprint density at radius 3 is 2.26 bits per heavy atom. The molecule has 1 heterocycles. The summed E-state index contributed by atoms with van der Waals surface area (Å²) in [7, 11) is -7.76. The molecule has 1 amide bonds. The van der Waals surface area contributed by atoms with E-state index in [0.29, 0.717) is 17.2 Å². The van der Waals surface area contributed by atoms with Gasteiger partial charge < -0.3 is 4.42 Å². The van der Waals surface area contributed by atoms with Crippen LogP contribution in [0, 0.1) is 0 Å². The summed E-state index contributed by atoms with van der Waals surface area (Å²) in [5.41, 5.74) is 3.25. The second-order valence-corrected chi connectivity index (χ2v) is 14.0. The predicted octanol–water partition coefficient (Wildman–Crippen LogP) is 4.56. The fourth-order valence-corrected chi connectivity index (χ4v) is 6.50. The molecule has 0 radical (unpaired) electrons. The zero-order valence-corrected chi connectivity index (χ0v) is 26.0. The Bertz CT molecular complexity index is 1750. The molecule has 0 bridgehead atoms. The Labute approximate surface area is 257 Å². The maximum atomic E-state index is 13.4. The fraction of sp³-hybridized carbons (Fsp3) is 0.143. The van der Waals surface area contributed by atoms with Crippen LogP contribution in [0.1, 0.15) is 17.1 Å². The molecule has 0 aliphatic rings. The number of amides is 1. The molecule has 0 spiro atoms. The topological polar surface area (TPSA) is 138 Å². The molecule has 1 aromatic heterocycles. The number of carbonyl (C=O) groups is 1. The summed E-state index contributed by atoms with van der Waals surface area (Å²) in [5, 5.41) is 4.28. The zero-order valence-electron chi connectivity index (χ0n) is 22.0. The highest BCUT2D eigenvalue weighted by atomic mass is 79.9. The number of furan rings is 1. The first-order chi connectivity index (χ1) is 20.0. The van der Waals surface area contributed by atoms with Crippen LogP contribution in [0.25, 0.3) is 0 Å². The number of hydrazone groups is 1. The summed E-state index contributed by atoms with van der Waals surface area (Å²) in [6, 6.07) is 24.4. The van der Waals surface area contributed by atoms with Gasteiger partial charge in [0.2, 0.25) is 20.0 Å². The van der Waals surface area contributed by atoms with Crippen molar-refractivity contribution in [3.63, 3.8) is 0 Å². The van der Waals surface area contributed by atoms with Crippen LogP contribution in [0.15, 0.2) is 115 Å². The Morgan fingerprint density at radius 2 is 1.57 bits per heavy atom. The lowest BCUT2D eigenvalue weighted by Crippen LogP contribution is -2.40. The minimum absolute atomic E-state index is 0.0583. The summed E-state index contributed by atoms with van der Waals surface area (Å²) in [6.45, 7) is -0.499. The van der Waals surface area contributed by atoms with E-state index in [1.165, 1.54) is 42.6 Å². The van der Waals surface area contributed by atoms with Crippen molar-refractivity contribution in [3.05, 3.63) is 118 Å². The van der Waals surface area contributed by atoms with Gasteiger partial charge in [-0.15, -0.1) is 0 Å². The van der Waals surface area contributed by atoms with Gasteiger partial charge in [0, 0.05) is 16.0 Å². The van der Waals surface area contributed by atoms with Gasteiger partial charge in [0.1, 0.15) is 11.5 Å². The Kier molecular flexibility index (Phi) is 10.7. The number of nitrogens with zero attached hydrogens (tertiary/aromatic N) is 2. The maximum absolute atomic E-state index is 13.4. The van der Waals surface area contributed by atoms with E-state index in [2.05, 4.69) is 31.2 Å². The van der Waals surface area contributed by atoms with Gasteiger partial charge in [-0.1, -0.05) is 57.9 Å². The van der Waals surface area contributed by atoms with E-state index in [4.69, 9.17) is 16.0 Å². The van der Waals surface area contributed by atoms with E-state index in [0.717, 1.165) is 14.3 Å². The molecule has 0 saturated heterocycles. The average molecular weight is 694 g/mol. The lowest BCUT2D eigenvalue weighted by atomic mass is 10.1. The number of nitrogens with one attached hydrogen (secondary N) is 2. The van der Waals surface area contributed by atoms with Crippen LogP contribution in [-0.2, 0) is 37.8 Å². The van der Waals surface area contributed by atoms with Crippen LogP contribution >= 0.6 is 27.5 Å². The Balaban J connectivity index is 1.36. The normalized spacial score (nSPS) is 12.2. The lowest BCUT2D eigenvalue weighted by Gasteiger charge is -2.21. The summed E-state index contributed by atoms with van der Waals surface area (Å²) in [5.74, 6) is -0.0881. The molecule has 0 unspecified atom stereocenters. The standard InChI is InChI=1S/C28H26BrClN4O6S2/c29-22-6-12-27(13-7-22)42(38,39)34(17-16-21-4-2-1-3-5-21)20-28(35)33-31-18-24-10-11-25(40-24)19-32-41(36,37)26-14-8-23(30)9-15-26/h1-15,18,32H,16-17,19-20H2,(H,33,35)/b31-18-. The van der Waals surface area contributed by atoms with Gasteiger partial charge in [0.15, 0.2) is 0 Å². The van der Waals surface area contributed by atoms with E-state index in [9.17, 15) is 21.6 Å². The van der Waals surface area contributed by atoms with Crippen molar-refractivity contribution < 1.29 is 26.0 Å². The number of rotatable bonds is 13. The first-order valence-corrected chi connectivity index (χ1v) is 16.6. The molecule has 4 rings (SSSR count). The minimum Gasteiger partial charge on any atom is -0.459 e. The molecule has 0 aliphatic carbocycles. The third-order valence-corrected chi connectivity index (χ3v) is 9.95. The van der Waals surface area contributed by atoms with E-state index >= 15 is 0 Å². The van der Waals surface area contributed by atoms with Crippen LogP contribution in [-0.4, -0.2) is 46.4 Å². The van der Waals surface area contributed by atoms with E-state index < -0.39 is 32.5 Å². The summed E-state index contributed by atoms with van der Waals surface area (Å²) in [4.78, 5) is 12.8. The summed E-state index contributed by atoms with van der Waals surface area (Å²) in [6.07, 6.45) is 1.64. The van der Waals surface area contributed by atoms with Gasteiger partial charge >= 0.3 is 0 Å². The molecule has 0 aliphatic heterocycles. The van der Waals surface area contributed by atoms with Gasteiger partial charge in [-0.25, -0.2) is 27.0 Å². The van der Waals surface area contributed by atoms with Gasteiger partial charge in [-0.05, 0) is 72.6 Å². The van der Waals surface area contributed by atoms with Crippen LogP contribution < -0.4 is 10.1 Å². The largest absolute Gasteiger partial charge is 0.459 e. The Hall–Kier alpha value is -3.33. The highest BCUT2D eigenvalue weighted by Gasteiger charge is 2.26. The van der Waals surface area contributed by atoms with Gasteiger partial charge in [0.25, 0.3) is 5.91 Å². The summed E-state index contributed by atoms with van der Waals surface area (Å²) >= 11 is 9.11. The van der Waals surface area contributed by atoms with Crippen molar-refractivity contribution in [2.24, 2.45) is 5.10 Å². The molecule has 14 heteroatoms. The van der Waals surface area contributed by atoms with Crippen molar-refractivity contribution >= 4 is 59.7 Å². The molecule has 42 heavy (non-hydrogen) atoms. The highest BCUT2D eigenvalue weighted by molar-refractivity contribution is 9.10. The number of hydrogen-bond donors (Lipinski definition) is 2. The second-order valence-electron chi connectivity index (χ2n) is 8.90. The molecular weight excluding hydrogens is 668 g/mol. The molecule has 0 fully saturated rings. The zero-order chi connectivity index (χ0) is 30.2. The minimum atomic E-state index is -3.98. The molecule has 3 aromatic carbocycles. The van der Waals surface area contributed by atoms with Gasteiger partial charge in [-0.2, -0.15) is 9.41 Å². The summed E-state index contributed by atoms with van der Waals surface area (Å²) < 4.78 is 61.4. The molecule has 0 saturated carbocycles. The highest BCUT2D eigenvalue weighted by Crippen LogP contribution is 2.20. The van der Waals surface area contributed by atoms with Crippen LogP contribution in [0.2, 0.25) is 5.02 Å². The smallest absolute Gasteiger partial charge is 0.255 e. The van der Waals surface area contributed by atoms with Crippen molar-refractivity contribution in [2.75, 3.05) is 13.1 Å². The lowest BCUT2D eigenvalue weighted by molar-refractivity contribution is -0.121. The van der Waals surface area contributed by atoms with E-state index in [1.54, 1.807) is 24.3 Å². The molecule has 10 nitrogen and oxygen atoms in total. The molecular formula is C28H26BrClN4O6S2. The van der Waals surface area contributed by atoms with E-state index in [1.807, 2.05) is 30.3 Å². The average Bonchev–Trinajstić information content (AvgIpc) is 3.43. The Morgan fingerprint density at radius 1 is 0.905 bits per heavy atom. The quantitative estimate of drug-likeness (QED) is 0.156. The number of carbonyl (C=O) groups excluding carboxylic acids is 1.